The molecule has 0 bridgehead atoms. The fraction of sp³-hybridized carbons (Fsp3) is 0.579. The Labute approximate surface area is 148 Å². The number of nitrogens with one attached hydrogen (secondary N) is 3. The Morgan fingerprint density at radius 1 is 1.16 bits per heavy atom. The minimum absolute atomic E-state index is 0.0856. The van der Waals surface area contributed by atoms with Crippen LogP contribution in [0.2, 0.25) is 0 Å². The van der Waals surface area contributed by atoms with Crippen molar-refractivity contribution in [3.63, 3.8) is 0 Å². The molecule has 3 rings (SSSR count). The van der Waals surface area contributed by atoms with Gasteiger partial charge in [0.05, 0.1) is 12.6 Å². The zero-order valence-electron chi connectivity index (χ0n) is 14.8. The number of benzene rings is 1. The summed E-state index contributed by atoms with van der Waals surface area (Å²) in [5.74, 6) is 0.717. The maximum absolute atomic E-state index is 12.6. The fourth-order valence-corrected chi connectivity index (χ4v) is 3.86. The third-order valence-electron chi connectivity index (χ3n) is 5.29. The summed E-state index contributed by atoms with van der Waals surface area (Å²) >= 11 is 0. The maximum Gasteiger partial charge on any atom is 0.316 e. The third-order valence-corrected chi connectivity index (χ3v) is 5.29. The molecule has 1 aliphatic carbocycles. The fourth-order valence-electron chi connectivity index (χ4n) is 3.86. The molecule has 136 valence electrons. The van der Waals surface area contributed by atoms with E-state index in [0.29, 0.717) is 13.0 Å². The van der Waals surface area contributed by atoms with Crippen molar-refractivity contribution in [2.75, 3.05) is 13.7 Å². The van der Waals surface area contributed by atoms with Crippen LogP contribution in [0.15, 0.2) is 24.3 Å². The molecule has 3 N–H and O–H groups in total. The molecular formula is C19H27N3O3. The van der Waals surface area contributed by atoms with Gasteiger partial charge in [-0.3, -0.25) is 4.79 Å². The molecule has 0 radical (unpaired) electrons. The lowest BCUT2D eigenvalue weighted by Gasteiger charge is -2.32. The smallest absolute Gasteiger partial charge is 0.316 e. The second-order valence-corrected chi connectivity index (χ2v) is 6.96. The monoisotopic (exact) mass is 345 g/mol. The van der Waals surface area contributed by atoms with Gasteiger partial charge in [0.15, 0.2) is 0 Å². The van der Waals surface area contributed by atoms with E-state index in [1.54, 1.807) is 7.11 Å². The van der Waals surface area contributed by atoms with Crippen LogP contribution in [-0.4, -0.2) is 31.6 Å². The number of ether oxygens (including phenoxy) is 1. The molecule has 0 unspecified atom stereocenters. The molecule has 25 heavy (non-hydrogen) atoms. The number of urea groups is 1. The number of hydrogen-bond donors (Lipinski definition) is 3. The van der Waals surface area contributed by atoms with Gasteiger partial charge in [-0.15, -0.1) is 0 Å². The summed E-state index contributed by atoms with van der Waals surface area (Å²) in [5, 5.41) is 8.88. The molecule has 0 spiro atoms. The summed E-state index contributed by atoms with van der Waals surface area (Å²) in [5.41, 5.74) is 0.726. The summed E-state index contributed by atoms with van der Waals surface area (Å²) in [6.45, 7) is 0.689. The Hall–Kier alpha value is -2.24. The Morgan fingerprint density at radius 3 is 2.56 bits per heavy atom. The third kappa shape index (κ3) is 4.06. The van der Waals surface area contributed by atoms with Crippen molar-refractivity contribution >= 4 is 11.9 Å². The first kappa shape index (κ1) is 17.6. The van der Waals surface area contributed by atoms with Crippen LogP contribution in [0.3, 0.4) is 0 Å². The number of amides is 3. The van der Waals surface area contributed by atoms with Gasteiger partial charge in [-0.25, -0.2) is 4.79 Å². The highest BCUT2D eigenvalue weighted by Crippen LogP contribution is 2.39. The van der Waals surface area contributed by atoms with Gasteiger partial charge in [0.1, 0.15) is 11.8 Å². The van der Waals surface area contributed by atoms with Crippen molar-refractivity contribution in [2.45, 2.75) is 56.5 Å². The second-order valence-electron chi connectivity index (χ2n) is 6.96. The number of hydrogen-bond acceptors (Lipinski definition) is 3. The SMILES string of the molecule is COc1ccc(C2(NC(=O)N[C@@H]3CCCCNC3=O)CCCC2)cc1. The van der Waals surface area contributed by atoms with E-state index in [4.69, 9.17) is 4.74 Å². The van der Waals surface area contributed by atoms with Gasteiger partial charge in [-0.1, -0.05) is 25.0 Å². The van der Waals surface area contributed by atoms with E-state index in [1.165, 1.54) is 0 Å². The molecule has 6 heteroatoms. The minimum Gasteiger partial charge on any atom is -0.497 e. The van der Waals surface area contributed by atoms with E-state index in [9.17, 15) is 9.59 Å². The predicted molar refractivity (Wildman–Crippen MR) is 95.5 cm³/mol. The summed E-state index contributed by atoms with van der Waals surface area (Å²) in [6, 6.07) is 7.17. The molecule has 1 saturated carbocycles. The molecule has 1 aromatic carbocycles. The van der Waals surface area contributed by atoms with Gasteiger partial charge in [0.25, 0.3) is 0 Å². The average molecular weight is 345 g/mol. The average Bonchev–Trinajstić information content (AvgIpc) is 3.00. The van der Waals surface area contributed by atoms with Crippen LogP contribution in [0.4, 0.5) is 4.79 Å². The highest BCUT2D eigenvalue weighted by molar-refractivity contribution is 5.87. The molecular weight excluding hydrogens is 318 g/mol. The van der Waals surface area contributed by atoms with Crippen molar-refractivity contribution < 1.29 is 14.3 Å². The summed E-state index contributed by atoms with van der Waals surface area (Å²) in [7, 11) is 1.64. The molecule has 1 saturated heterocycles. The number of methoxy groups -OCH3 is 1. The first-order valence-electron chi connectivity index (χ1n) is 9.14. The molecule has 0 aromatic heterocycles. The van der Waals surface area contributed by atoms with Gasteiger partial charge in [0.2, 0.25) is 5.91 Å². The van der Waals surface area contributed by atoms with Gasteiger partial charge >= 0.3 is 6.03 Å². The van der Waals surface area contributed by atoms with E-state index in [-0.39, 0.29) is 17.5 Å². The lowest BCUT2D eigenvalue weighted by molar-refractivity contribution is -0.122. The molecule has 2 fully saturated rings. The van der Waals surface area contributed by atoms with E-state index in [1.807, 2.05) is 24.3 Å². The normalized spacial score (nSPS) is 22.6. The number of rotatable bonds is 4. The number of carbonyl (C=O) groups is 2. The molecule has 1 atom stereocenters. The van der Waals surface area contributed by atoms with Gasteiger partial charge < -0.3 is 20.7 Å². The largest absolute Gasteiger partial charge is 0.497 e. The zero-order chi connectivity index (χ0) is 17.7. The Bertz CT molecular complexity index is 609. The molecule has 3 amide bonds. The van der Waals surface area contributed by atoms with Crippen molar-refractivity contribution in [1.82, 2.24) is 16.0 Å². The first-order valence-corrected chi connectivity index (χ1v) is 9.14. The van der Waals surface area contributed by atoms with Crippen LogP contribution >= 0.6 is 0 Å². The van der Waals surface area contributed by atoms with Crippen molar-refractivity contribution in [3.05, 3.63) is 29.8 Å². The van der Waals surface area contributed by atoms with Crippen LogP contribution < -0.4 is 20.7 Å². The maximum atomic E-state index is 12.6. The zero-order valence-corrected chi connectivity index (χ0v) is 14.8. The van der Waals surface area contributed by atoms with Crippen molar-refractivity contribution in [1.29, 1.82) is 0 Å². The van der Waals surface area contributed by atoms with Crippen LogP contribution in [0, 0.1) is 0 Å². The lowest BCUT2D eigenvalue weighted by Crippen LogP contribution is -2.54. The highest BCUT2D eigenvalue weighted by atomic mass is 16.5. The first-order chi connectivity index (χ1) is 12.1. The quantitative estimate of drug-likeness (QED) is 0.784. The van der Waals surface area contributed by atoms with Gasteiger partial charge in [-0.05, 0) is 49.8 Å². The lowest BCUT2D eigenvalue weighted by atomic mass is 9.88. The predicted octanol–water partition coefficient (Wildman–Crippen LogP) is 2.43. The Morgan fingerprint density at radius 2 is 1.88 bits per heavy atom. The van der Waals surface area contributed by atoms with Crippen LogP contribution in [0.25, 0.3) is 0 Å². The van der Waals surface area contributed by atoms with Crippen molar-refractivity contribution in [2.24, 2.45) is 0 Å². The molecule has 1 aromatic rings. The van der Waals surface area contributed by atoms with Gasteiger partial charge in [0, 0.05) is 6.54 Å². The molecule has 6 nitrogen and oxygen atoms in total. The van der Waals surface area contributed by atoms with E-state index in [2.05, 4.69) is 16.0 Å². The van der Waals surface area contributed by atoms with Crippen LogP contribution in [0.5, 0.6) is 5.75 Å². The molecule has 2 aliphatic rings. The topological polar surface area (TPSA) is 79.5 Å². The molecule has 1 aliphatic heterocycles. The summed E-state index contributed by atoms with van der Waals surface area (Å²) in [6.07, 6.45) is 6.56. The number of carbonyl (C=O) groups excluding carboxylic acids is 2. The minimum atomic E-state index is -0.447. The van der Waals surface area contributed by atoms with E-state index in [0.717, 1.165) is 49.8 Å². The molecule has 1 heterocycles. The van der Waals surface area contributed by atoms with Crippen LogP contribution in [-0.2, 0) is 10.3 Å². The van der Waals surface area contributed by atoms with E-state index < -0.39 is 6.04 Å². The summed E-state index contributed by atoms with van der Waals surface area (Å²) in [4.78, 5) is 24.6. The van der Waals surface area contributed by atoms with E-state index >= 15 is 0 Å². The van der Waals surface area contributed by atoms with Crippen molar-refractivity contribution in [3.8, 4) is 5.75 Å². The second kappa shape index (κ2) is 7.76. The van der Waals surface area contributed by atoms with Gasteiger partial charge in [-0.2, -0.15) is 0 Å². The Balaban J connectivity index is 1.70. The van der Waals surface area contributed by atoms with Crippen LogP contribution in [0.1, 0.15) is 50.5 Å². The Kier molecular flexibility index (Phi) is 5.46. The summed E-state index contributed by atoms with van der Waals surface area (Å²) < 4.78 is 5.23. The standard InChI is InChI=1S/C19H27N3O3/c1-25-15-9-7-14(8-10-15)19(11-3-4-12-19)22-18(24)21-16-6-2-5-13-20-17(16)23/h7-10,16H,2-6,11-13H2,1H3,(H,20,23)(H2,21,22,24)/t16-/m1/s1. The highest BCUT2D eigenvalue weighted by Gasteiger charge is 2.37.